The number of carbonyl (C=O) groups is 1. The van der Waals surface area contributed by atoms with Gasteiger partial charge in [0.05, 0.1) is 25.9 Å². The van der Waals surface area contributed by atoms with E-state index in [1.807, 2.05) is 24.3 Å². The molecule has 0 aromatic heterocycles. The van der Waals surface area contributed by atoms with Crippen LogP contribution in [-0.2, 0) is 25.3 Å². The van der Waals surface area contributed by atoms with Crippen LogP contribution in [0.25, 0.3) is 0 Å². The summed E-state index contributed by atoms with van der Waals surface area (Å²) < 4.78 is 24.9. The molecule has 1 aliphatic carbocycles. The van der Waals surface area contributed by atoms with Gasteiger partial charge in [-0.2, -0.15) is 0 Å². The van der Waals surface area contributed by atoms with E-state index in [9.17, 15) is 4.79 Å². The number of benzene rings is 3. The summed E-state index contributed by atoms with van der Waals surface area (Å²) in [7, 11) is -1.15. The Bertz CT molecular complexity index is 1490. The van der Waals surface area contributed by atoms with Gasteiger partial charge in [0, 0.05) is 18.9 Å². The van der Waals surface area contributed by atoms with E-state index in [0.717, 1.165) is 55.6 Å². The van der Waals surface area contributed by atoms with E-state index in [-0.39, 0.29) is 35.1 Å². The summed E-state index contributed by atoms with van der Waals surface area (Å²) in [5.41, 5.74) is 2.05. The topological polar surface area (TPSA) is 57.3 Å². The molecule has 1 aliphatic heterocycles. The van der Waals surface area contributed by atoms with E-state index in [2.05, 4.69) is 107 Å². The monoisotopic (exact) mass is 694 g/mol. The molecule has 0 amide bonds. The zero-order valence-electron chi connectivity index (χ0n) is 30.9. The van der Waals surface area contributed by atoms with Gasteiger partial charge in [0.25, 0.3) is 8.32 Å². The lowest BCUT2D eigenvalue weighted by Gasteiger charge is -2.45. The quantitative estimate of drug-likeness (QED) is 0.0412. The summed E-state index contributed by atoms with van der Waals surface area (Å²) in [4.78, 5) is 13.9. The summed E-state index contributed by atoms with van der Waals surface area (Å²) in [6.07, 6.45) is 15.7. The molecule has 0 spiro atoms. The number of carbonyl (C=O) groups excluding carboxylic acids is 1. The minimum absolute atomic E-state index is 0.00257. The zero-order valence-corrected chi connectivity index (χ0v) is 31.9. The Balaban J connectivity index is 1.28. The first-order valence-corrected chi connectivity index (χ1v) is 20.7. The number of unbranched alkanes of at least 4 members (excludes halogenated alkanes) is 4. The Kier molecular flexibility index (Phi) is 13.9. The largest absolute Gasteiger partial charge is 0.497 e. The summed E-state index contributed by atoms with van der Waals surface area (Å²) in [5.74, 6) is 1.07. The van der Waals surface area contributed by atoms with Gasteiger partial charge < -0.3 is 18.6 Å². The minimum atomic E-state index is -2.83. The highest BCUT2D eigenvalue weighted by Gasteiger charge is 2.54. The summed E-state index contributed by atoms with van der Waals surface area (Å²) in [6.45, 7) is 10.5. The smallest absolute Gasteiger partial charge is 0.261 e. The predicted molar refractivity (Wildman–Crippen MR) is 207 cm³/mol. The van der Waals surface area contributed by atoms with Crippen LogP contribution in [0.5, 0.6) is 5.75 Å². The molecule has 50 heavy (non-hydrogen) atoms. The van der Waals surface area contributed by atoms with Crippen molar-refractivity contribution < 1.29 is 23.4 Å². The average molecular weight is 695 g/mol. The van der Waals surface area contributed by atoms with Crippen LogP contribution in [0, 0.1) is 5.92 Å². The van der Waals surface area contributed by atoms with Gasteiger partial charge in [-0.25, -0.2) is 0 Å². The lowest BCUT2D eigenvalue weighted by atomic mass is 9.95. The van der Waals surface area contributed by atoms with E-state index in [4.69, 9.17) is 18.6 Å². The third kappa shape index (κ3) is 9.73. The molecule has 0 N–H and O–H groups in total. The van der Waals surface area contributed by atoms with Crippen LogP contribution >= 0.6 is 0 Å². The number of rotatable bonds is 19. The number of ketones is 1. The number of epoxide rings is 1. The van der Waals surface area contributed by atoms with Crippen molar-refractivity contribution in [1.82, 2.24) is 0 Å². The zero-order chi connectivity index (χ0) is 35.4. The van der Waals surface area contributed by atoms with Crippen LogP contribution in [0.1, 0.15) is 91.0 Å². The molecule has 4 atom stereocenters. The second-order valence-electron chi connectivity index (χ2n) is 14.9. The van der Waals surface area contributed by atoms with E-state index < -0.39 is 8.32 Å². The molecule has 1 saturated heterocycles. The summed E-state index contributed by atoms with van der Waals surface area (Å²) in [5, 5.41) is 2.33. The molecule has 3 aromatic carbocycles. The van der Waals surface area contributed by atoms with Crippen molar-refractivity contribution in [3.8, 4) is 5.75 Å². The minimum Gasteiger partial charge on any atom is -0.497 e. The maximum absolute atomic E-state index is 13.9. The number of hydrogen-bond donors (Lipinski definition) is 0. The predicted octanol–water partition coefficient (Wildman–Crippen LogP) is 9.14. The third-order valence-corrected chi connectivity index (χ3v) is 15.3. The molecule has 1 heterocycles. The van der Waals surface area contributed by atoms with Gasteiger partial charge >= 0.3 is 0 Å². The fourth-order valence-electron chi connectivity index (χ4n) is 7.43. The number of allylic oxidation sites excluding steroid dienone is 2. The van der Waals surface area contributed by atoms with Crippen LogP contribution in [0.3, 0.4) is 0 Å². The molecule has 3 aromatic rings. The Morgan fingerprint density at radius 2 is 1.54 bits per heavy atom. The van der Waals surface area contributed by atoms with Gasteiger partial charge in [-0.15, -0.1) is 0 Å². The van der Waals surface area contributed by atoms with Gasteiger partial charge in [-0.05, 0) is 83.3 Å². The molecule has 268 valence electrons. The van der Waals surface area contributed by atoms with Crippen molar-refractivity contribution in [3.05, 3.63) is 114 Å². The number of ether oxygens (including phenoxy) is 3. The van der Waals surface area contributed by atoms with Gasteiger partial charge in [0.1, 0.15) is 11.9 Å². The number of hydrogen-bond acceptors (Lipinski definition) is 5. The molecule has 0 radical (unpaired) electrons. The number of Topliss-reactive ketones (excluding diaryl/α,β-unsaturated/α-hetero) is 1. The highest BCUT2D eigenvalue weighted by atomic mass is 28.4. The van der Waals surface area contributed by atoms with Gasteiger partial charge in [0.15, 0.2) is 5.78 Å². The van der Waals surface area contributed by atoms with E-state index >= 15 is 0 Å². The van der Waals surface area contributed by atoms with E-state index in [0.29, 0.717) is 13.0 Å². The van der Waals surface area contributed by atoms with Crippen molar-refractivity contribution in [2.45, 2.75) is 115 Å². The normalized spacial score (nSPS) is 21.7. The molecule has 1 saturated carbocycles. The Labute approximate surface area is 302 Å². The maximum atomic E-state index is 13.9. The standard InChI is InChI=1S/C44H58O5Si/c1-6-7-8-9-10-17-24-38-39(31-43-41(48-43)25-18-19-30-47-33-34-26-28-35(46-5)29-27-34)40(45)32-42(38)49-50(44(2,3)4,36-20-13-11-14-21-36)37-22-15-12-16-23-37/h10-17,20-23,26-29,31,38,41-43H,6-9,18-19,24-25,30,32-33H2,1-5H3/b17-10-,39-31-/t38-,41-,42-,43-/m1/s1. The highest BCUT2D eigenvalue weighted by Crippen LogP contribution is 2.43. The molecule has 5 nitrogen and oxygen atoms in total. The molecule has 0 unspecified atom stereocenters. The van der Waals surface area contributed by atoms with Crippen LogP contribution in [0.2, 0.25) is 5.04 Å². The van der Waals surface area contributed by atoms with Crippen LogP contribution in [-0.4, -0.2) is 46.1 Å². The summed E-state index contributed by atoms with van der Waals surface area (Å²) in [6, 6.07) is 29.6. The first kappa shape index (κ1) is 37.9. The van der Waals surface area contributed by atoms with Crippen molar-refractivity contribution in [2.75, 3.05) is 13.7 Å². The molecule has 0 bridgehead atoms. The SMILES string of the molecule is CCCCC/C=C\C[C@@H]1/C(=C/[C@H]2O[C@@H]2CCCCOCc2ccc(OC)cc2)C(=O)C[C@H]1O[Si](c1ccccc1)(c1ccccc1)C(C)(C)C. The van der Waals surface area contributed by atoms with E-state index in [1.165, 1.54) is 29.6 Å². The molecular formula is C44H58O5Si. The van der Waals surface area contributed by atoms with Crippen LogP contribution in [0.15, 0.2) is 109 Å². The second kappa shape index (κ2) is 18.3. The lowest BCUT2D eigenvalue weighted by molar-refractivity contribution is -0.115. The van der Waals surface area contributed by atoms with Crippen molar-refractivity contribution in [1.29, 1.82) is 0 Å². The molecule has 2 aliphatic rings. The van der Waals surface area contributed by atoms with Gasteiger partial charge in [-0.1, -0.05) is 125 Å². The lowest BCUT2D eigenvalue weighted by Crippen LogP contribution is -2.68. The maximum Gasteiger partial charge on any atom is 0.261 e. The highest BCUT2D eigenvalue weighted by molar-refractivity contribution is 6.99. The van der Waals surface area contributed by atoms with Crippen LogP contribution in [0.4, 0.5) is 0 Å². The molecule has 6 heteroatoms. The number of methoxy groups -OCH3 is 1. The molecule has 5 rings (SSSR count). The molecule has 2 fully saturated rings. The Hall–Kier alpha value is -3.29. The van der Waals surface area contributed by atoms with Crippen molar-refractivity contribution in [3.63, 3.8) is 0 Å². The summed E-state index contributed by atoms with van der Waals surface area (Å²) >= 11 is 0. The Morgan fingerprint density at radius 1 is 0.860 bits per heavy atom. The van der Waals surface area contributed by atoms with Gasteiger partial charge in [0.2, 0.25) is 0 Å². The average Bonchev–Trinajstić information content (AvgIpc) is 3.81. The fraction of sp³-hybridized carbons (Fsp3) is 0.477. The molecular weight excluding hydrogens is 637 g/mol. The van der Waals surface area contributed by atoms with Crippen molar-refractivity contribution in [2.24, 2.45) is 5.92 Å². The van der Waals surface area contributed by atoms with Gasteiger partial charge in [-0.3, -0.25) is 4.79 Å². The second-order valence-corrected chi connectivity index (χ2v) is 19.2. The fourth-order valence-corrected chi connectivity index (χ4v) is 12.2. The van der Waals surface area contributed by atoms with Crippen molar-refractivity contribution >= 4 is 24.5 Å². The van der Waals surface area contributed by atoms with E-state index in [1.54, 1.807) is 7.11 Å². The first-order valence-electron chi connectivity index (χ1n) is 18.8. The third-order valence-electron chi connectivity index (χ3n) is 10.3. The Morgan fingerprint density at radius 3 is 2.16 bits per heavy atom. The first-order chi connectivity index (χ1) is 24.3. The van der Waals surface area contributed by atoms with Crippen LogP contribution < -0.4 is 15.1 Å².